The zero-order chi connectivity index (χ0) is 22.0. The van der Waals surface area contributed by atoms with Crippen molar-refractivity contribution in [3.8, 4) is 0 Å². The summed E-state index contributed by atoms with van der Waals surface area (Å²) in [4.78, 5) is 17.0. The normalized spacial score (nSPS) is 27.3. The van der Waals surface area contributed by atoms with Gasteiger partial charge in [0.15, 0.2) is 11.6 Å². The Morgan fingerprint density at radius 3 is 2.26 bits per heavy atom. The van der Waals surface area contributed by atoms with E-state index in [0.29, 0.717) is 18.0 Å². The predicted octanol–water partition coefficient (Wildman–Crippen LogP) is 3.84. The van der Waals surface area contributed by atoms with Crippen LogP contribution in [0.25, 0.3) is 0 Å². The summed E-state index contributed by atoms with van der Waals surface area (Å²) in [5, 5.41) is 4.24. The van der Waals surface area contributed by atoms with Gasteiger partial charge in [0.2, 0.25) is 0 Å². The summed E-state index contributed by atoms with van der Waals surface area (Å²) in [6.45, 7) is 10.5. The number of nitrogens with zero attached hydrogens (tertiary/aromatic N) is 3. The summed E-state index contributed by atoms with van der Waals surface area (Å²) >= 11 is 0. The number of aromatic nitrogens is 1. The Morgan fingerprint density at radius 1 is 1.10 bits per heavy atom. The van der Waals surface area contributed by atoms with Gasteiger partial charge < -0.3 is 23.8 Å². The van der Waals surface area contributed by atoms with E-state index in [2.05, 4.69) is 21.9 Å². The molecule has 7 nitrogen and oxygen atoms in total. The quantitative estimate of drug-likeness (QED) is 0.605. The summed E-state index contributed by atoms with van der Waals surface area (Å²) < 4.78 is 17.0. The lowest BCUT2D eigenvalue weighted by Gasteiger charge is -2.45. The Labute approximate surface area is 186 Å². The van der Waals surface area contributed by atoms with Crippen LogP contribution in [0.5, 0.6) is 0 Å². The molecule has 0 spiro atoms. The fraction of sp³-hybridized carbons (Fsp3) is 0.833. The number of rotatable bonds is 7. The molecule has 1 aliphatic carbocycles. The van der Waals surface area contributed by atoms with Crippen LogP contribution in [0.4, 0.5) is 5.82 Å². The first-order valence-corrected chi connectivity index (χ1v) is 12.1. The molecule has 174 valence electrons. The Bertz CT molecular complexity index is 714. The molecular weight excluding hydrogens is 394 g/mol. The number of piperidine rings is 2. The van der Waals surface area contributed by atoms with Crippen LogP contribution in [0.3, 0.4) is 0 Å². The second-order valence-corrected chi connectivity index (χ2v) is 10.1. The molecule has 1 aromatic rings. The molecule has 0 radical (unpaired) electrons. The Balaban J connectivity index is 1.22. The lowest BCUT2D eigenvalue weighted by molar-refractivity contribution is -0.144. The molecule has 1 unspecified atom stereocenters. The standard InChI is InChI=1S/C24H39N3O4/c1-16(2)23(24(28)29-4)21-15-22(25-31-21)27-11-7-20(8-12-27)30-19-5-9-26(10-6-19)18-13-17(3)14-18/h15-20,23H,5-14H2,1-4H3/t17-,18-,23?. The molecule has 0 amide bonds. The van der Waals surface area contributed by atoms with Crippen LogP contribution >= 0.6 is 0 Å². The number of hydrogen-bond acceptors (Lipinski definition) is 7. The number of ether oxygens (including phenoxy) is 2. The molecule has 7 heteroatoms. The number of carbonyl (C=O) groups is 1. The van der Waals surface area contributed by atoms with Crippen LogP contribution in [-0.2, 0) is 14.3 Å². The monoisotopic (exact) mass is 433 g/mol. The third kappa shape index (κ3) is 5.25. The third-order valence-corrected chi connectivity index (χ3v) is 7.44. The Kier molecular flexibility index (Phi) is 7.22. The van der Waals surface area contributed by atoms with Gasteiger partial charge in [-0.15, -0.1) is 0 Å². The maximum absolute atomic E-state index is 12.1. The molecule has 0 aromatic carbocycles. The average molecular weight is 434 g/mol. The van der Waals surface area contributed by atoms with Crippen molar-refractivity contribution in [2.24, 2.45) is 11.8 Å². The van der Waals surface area contributed by atoms with Gasteiger partial charge in [0.05, 0.1) is 19.3 Å². The molecule has 1 aromatic heterocycles. The van der Waals surface area contributed by atoms with Crippen molar-refractivity contribution in [2.75, 3.05) is 38.2 Å². The molecule has 3 heterocycles. The van der Waals surface area contributed by atoms with E-state index in [0.717, 1.165) is 43.7 Å². The van der Waals surface area contributed by atoms with E-state index in [-0.39, 0.29) is 11.9 Å². The molecule has 1 atom stereocenters. The first-order chi connectivity index (χ1) is 14.9. The van der Waals surface area contributed by atoms with E-state index in [9.17, 15) is 4.79 Å². The fourth-order valence-corrected chi connectivity index (χ4v) is 5.45. The van der Waals surface area contributed by atoms with Gasteiger partial charge in [0, 0.05) is 38.3 Å². The molecule has 1 saturated carbocycles. The number of methoxy groups -OCH3 is 1. The fourth-order valence-electron chi connectivity index (χ4n) is 5.45. The molecule has 3 fully saturated rings. The first kappa shape index (κ1) is 22.6. The van der Waals surface area contributed by atoms with E-state index in [4.69, 9.17) is 14.0 Å². The van der Waals surface area contributed by atoms with Crippen LogP contribution < -0.4 is 4.90 Å². The minimum absolute atomic E-state index is 0.0893. The molecule has 31 heavy (non-hydrogen) atoms. The lowest BCUT2D eigenvalue weighted by Crippen LogP contribution is -2.49. The summed E-state index contributed by atoms with van der Waals surface area (Å²) in [5.41, 5.74) is 0. The highest BCUT2D eigenvalue weighted by Gasteiger charge is 2.34. The second-order valence-electron chi connectivity index (χ2n) is 10.1. The smallest absolute Gasteiger partial charge is 0.316 e. The number of hydrogen-bond donors (Lipinski definition) is 0. The van der Waals surface area contributed by atoms with E-state index in [1.54, 1.807) is 0 Å². The maximum atomic E-state index is 12.1. The topological polar surface area (TPSA) is 68.0 Å². The highest BCUT2D eigenvalue weighted by Crippen LogP contribution is 2.34. The second kappa shape index (κ2) is 9.90. The predicted molar refractivity (Wildman–Crippen MR) is 119 cm³/mol. The SMILES string of the molecule is COC(=O)C(c1cc(N2CCC(OC3CCN([C@H]4C[C@H](C)C4)CC3)CC2)no1)C(C)C. The zero-order valence-corrected chi connectivity index (χ0v) is 19.6. The molecule has 0 bridgehead atoms. The van der Waals surface area contributed by atoms with Crippen molar-refractivity contribution < 1.29 is 18.8 Å². The number of carbonyl (C=O) groups excluding carboxylic acids is 1. The van der Waals surface area contributed by atoms with Gasteiger partial charge in [-0.2, -0.15) is 0 Å². The van der Waals surface area contributed by atoms with E-state index >= 15 is 0 Å². The van der Waals surface area contributed by atoms with Crippen molar-refractivity contribution in [1.29, 1.82) is 0 Å². The largest absolute Gasteiger partial charge is 0.468 e. The van der Waals surface area contributed by atoms with Gasteiger partial charge in [-0.1, -0.05) is 25.9 Å². The first-order valence-electron chi connectivity index (χ1n) is 12.1. The highest BCUT2D eigenvalue weighted by atomic mass is 16.5. The zero-order valence-electron chi connectivity index (χ0n) is 19.6. The molecule has 3 aliphatic rings. The lowest BCUT2D eigenvalue weighted by atomic mass is 9.80. The minimum Gasteiger partial charge on any atom is -0.468 e. The minimum atomic E-state index is -0.416. The van der Waals surface area contributed by atoms with Crippen molar-refractivity contribution in [2.45, 2.75) is 83.5 Å². The molecule has 0 N–H and O–H groups in total. The summed E-state index contributed by atoms with van der Waals surface area (Å²) in [5.74, 6) is 1.71. The number of likely N-dealkylation sites (tertiary alicyclic amines) is 1. The Morgan fingerprint density at radius 2 is 1.71 bits per heavy atom. The van der Waals surface area contributed by atoms with Crippen molar-refractivity contribution in [1.82, 2.24) is 10.1 Å². The van der Waals surface area contributed by atoms with Gasteiger partial charge >= 0.3 is 5.97 Å². The van der Waals surface area contributed by atoms with Gasteiger partial charge in [-0.05, 0) is 50.4 Å². The summed E-state index contributed by atoms with van der Waals surface area (Å²) in [6.07, 6.45) is 7.86. The highest BCUT2D eigenvalue weighted by molar-refractivity contribution is 5.77. The van der Waals surface area contributed by atoms with Gasteiger partial charge in [-0.25, -0.2) is 0 Å². The Hall–Kier alpha value is -1.60. The molecular formula is C24H39N3O4. The van der Waals surface area contributed by atoms with Crippen LogP contribution in [0.15, 0.2) is 10.6 Å². The van der Waals surface area contributed by atoms with Crippen molar-refractivity contribution in [3.05, 3.63) is 11.8 Å². The van der Waals surface area contributed by atoms with E-state index in [1.165, 1.54) is 45.9 Å². The van der Waals surface area contributed by atoms with Crippen LogP contribution in [-0.4, -0.2) is 67.6 Å². The molecule has 2 saturated heterocycles. The summed E-state index contributed by atoms with van der Waals surface area (Å²) in [7, 11) is 1.41. The van der Waals surface area contributed by atoms with Gasteiger partial charge in [0.25, 0.3) is 0 Å². The van der Waals surface area contributed by atoms with Gasteiger partial charge in [-0.3, -0.25) is 4.79 Å². The summed E-state index contributed by atoms with van der Waals surface area (Å²) in [6, 6.07) is 2.74. The van der Waals surface area contributed by atoms with Crippen LogP contribution in [0.1, 0.15) is 71.0 Å². The number of anilines is 1. The maximum Gasteiger partial charge on any atom is 0.316 e. The average Bonchev–Trinajstić information content (AvgIpc) is 3.22. The third-order valence-electron chi connectivity index (χ3n) is 7.44. The van der Waals surface area contributed by atoms with Crippen molar-refractivity contribution >= 4 is 11.8 Å². The van der Waals surface area contributed by atoms with Crippen LogP contribution in [0, 0.1) is 11.8 Å². The molecule has 4 rings (SSSR count). The van der Waals surface area contributed by atoms with Crippen molar-refractivity contribution in [3.63, 3.8) is 0 Å². The van der Waals surface area contributed by atoms with Crippen LogP contribution in [0.2, 0.25) is 0 Å². The van der Waals surface area contributed by atoms with E-state index in [1.807, 2.05) is 19.9 Å². The number of esters is 1. The molecule has 2 aliphatic heterocycles. The van der Waals surface area contributed by atoms with E-state index < -0.39 is 5.92 Å². The van der Waals surface area contributed by atoms with Gasteiger partial charge in [0.1, 0.15) is 5.92 Å².